The highest BCUT2D eigenvalue weighted by Crippen LogP contribution is 2.32. The molecule has 0 radical (unpaired) electrons. The summed E-state index contributed by atoms with van der Waals surface area (Å²) in [5.74, 6) is 0.183. The van der Waals surface area contributed by atoms with Crippen molar-refractivity contribution < 1.29 is 80.3 Å². The Kier molecular flexibility index (Phi) is 36.0. The van der Waals surface area contributed by atoms with Gasteiger partial charge in [0.2, 0.25) is 0 Å². The van der Waals surface area contributed by atoms with Gasteiger partial charge in [-0.25, -0.2) is 28.8 Å². The van der Waals surface area contributed by atoms with Crippen LogP contribution in [0.25, 0.3) is 0 Å². The van der Waals surface area contributed by atoms with Gasteiger partial charge in [-0.1, -0.05) is 130 Å². The van der Waals surface area contributed by atoms with Crippen molar-refractivity contribution >= 4 is 52.5 Å². The summed E-state index contributed by atoms with van der Waals surface area (Å²) < 4.78 is 64.6. The molecule has 0 fully saturated rings. The van der Waals surface area contributed by atoms with Crippen molar-refractivity contribution in [1.29, 1.82) is 5.26 Å². The number of carbonyl (C=O) groups is 6. The number of hydrogen-bond acceptors (Lipinski definition) is 18. The van der Waals surface area contributed by atoms with Crippen molar-refractivity contribution in [3.63, 3.8) is 0 Å². The molecule has 0 bridgehead atoms. The first-order valence-electron chi connectivity index (χ1n) is 39.6. The number of carbonyl (C=O) groups excluding carboxylic acids is 6. The van der Waals surface area contributed by atoms with Crippen LogP contribution in [0.15, 0.2) is 182 Å². The molecule has 0 N–H and O–H groups in total. The molecule has 0 unspecified atom stereocenters. The molecule has 0 atom stereocenters. The fraction of sp³-hybridized carbons (Fsp3) is 0.396. The molecule has 588 valence electrons. The minimum absolute atomic E-state index is 0.000398. The summed E-state index contributed by atoms with van der Waals surface area (Å²) in [5, 5.41) is 9.77. The molecule has 0 saturated carbocycles. The second kappa shape index (κ2) is 46.4. The minimum Gasteiger partial charge on any atom is -0.494 e. The van der Waals surface area contributed by atoms with Crippen molar-refractivity contribution in [2.24, 2.45) is 0 Å². The molecule has 0 aliphatic rings. The van der Waals surface area contributed by atoms with E-state index in [2.05, 4.69) is 47.0 Å². The molecule has 0 amide bonds. The third kappa shape index (κ3) is 30.8. The van der Waals surface area contributed by atoms with Gasteiger partial charge in [0.1, 0.15) is 57.8 Å². The summed E-state index contributed by atoms with van der Waals surface area (Å²) in [6, 6.07) is 52.1. The van der Waals surface area contributed by atoms with Crippen LogP contribution >= 0.6 is 0 Å². The molecular weight excluding hydrogens is 1440 g/mol. The molecule has 0 spiro atoms. The zero-order valence-electron chi connectivity index (χ0n) is 65.7. The quantitative estimate of drug-likeness (QED) is 0.0149. The van der Waals surface area contributed by atoms with Crippen LogP contribution < -0.4 is 47.4 Å². The molecule has 0 aromatic heterocycles. The van der Waals surface area contributed by atoms with Crippen molar-refractivity contribution in [3.05, 3.63) is 226 Å². The van der Waals surface area contributed by atoms with Crippen molar-refractivity contribution in [2.75, 3.05) is 26.4 Å². The first-order valence-corrected chi connectivity index (χ1v) is 45.8. The maximum absolute atomic E-state index is 13.6. The Labute approximate surface area is 657 Å². The van der Waals surface area contributed by atoms with E-state index in [-0.39, 0.29) is 39.5 Å². The van der Waals surface area contributed by atoms with Crippen LogP contribution in [0.4, 0.5) is 0 Å². The molecule has 18 nitrogen and oxygen atoms in total. The smallest absolute Gasteiger partial charge is 0.343 e. The number of nitriles is 1. The standard InChI is InChI=1S/C91H109NO17Si2/c1-8-11-14-24-59-99-76-43-35-70(36-44-76)87(94)103-79-47-39-72(40-48-79)90(97)108-85-66-83(49-41-75(85)67-92)107-89(96)69-33-31-68(32-34-69)86(93)104-81-54-52-78(53-55-81)101-61-27-22-20-18-17-19-21-23-28-63-110(4,5)109-111(6,7)64-29-30-73-65-74(42-58-84(73)102-62-26-16-13-10-3)91(98)106-80-45-37-71(38-46-80)88(95)105-82-56-50-77(51-57-82)100-60-25-15-12-9-2/h31-58,65-66H,8-30,59-64H2,1-7H3. The lowest BCUT2D eigenvalue weighted by Gasteiger charge is -2.34. The van der Waals surface area contributed by atoms with Crippen LogP contribution in [-0.4, -0.2) is 78.9 Å². The molecule has 0 saturated heterocycles. The van der Waals surface area contributed by atoms with E-state index in [1.807, 2.05) is 18.2 Å². The van der Waals surface area contributed by atoms with Gasteiger partial charge >= 0.3 is 35.8 Å². The normalized spacial score (nSPS) is 11.2. The molecule has 8 rings (SSSR count). The number of nitrogens with zero attached hydrogens (tertiary/aromatic N) is 1. The van der Waals surface area contributed by atoms with E-state index in [1.165, 1.54) is 118 Å². The lowest BCUT2D eigenvalue weighted by atomic mass is 10.1. The van der Waals surface area contributed by atoms with E-state index >= 15 is 0 Å². The lowest BCUT2D eigenvalue weighted by Crippen LogP contribution is -2.44. The second-order valence-corrected chi connectivity index (χ2v) is 37.9. The zero-order valence-corrected chi connectivity index (χ0v) is 67.7. The minimum atomic E-state index is -2.01. The molecule has 8 aromatic rings. The highest BCUT2D eigenvalue weighted by molar-refractivity contribution is 6.84. The van der Waals surface area contributed by atoms with Crippen LogP contribution in [0.2, 0.25) is 38.3 Å². The van der Waals surface area contributed by atoms with Gasteiger partial charge in [-0.15, -0.1) is 0 Å². The molecule has 20 heteroatoms. The van der Waals surface area contributed by atoms with Gasteiger partial charge in [0.25, 0.3) is 0 Å². The number of benzene rings is 8. The topological polar surface area (TPSA) is 228 Å². The van der Waals surface area contributed by atoms with Crippen LogP contribution in [0, 0.1) is 11.3 Å². The number of rotatable bonds is 49. The first kappa shape index (κ1) is 86.3. The van der Waals surface area contributed by atoms with Crippen LogP contribution in [0.1, 0.15) is 235 Å². The average Bonchev–Trinajstić information content (AvgIpc) is 0.804. The number of aryl methyl sites for hydroxylation is 1. The highest BCUT2D eigenvalue weighted by Gasteiger charge is 2.33. The summed E-state index contributed by atoms with van der Waals surface area (Å²) in [6.45, 7) is 18.4. The van der Waals surface area contributed by atoms with E-state index in [0.717, 1.165) is 125 Å². The van der Waals surface area contributed by atoms with Crippen molar-refractivity contribution in [2.45, 2.75) is 207 Å². The summed E-state index contributed by atoms with van der Waals surface area (Å²) in [7, 11) is -3.91. The third-order valence-electron chi connectivity index (χ3n) is 18.7. The lowest BCUT2D eigenvalue weighted by molar-refractivity contribution is 0.0714. The summed E-state index contributed by atoms with van der Waals surface area (Å²) in [4.78, 5) is 79.0. The van der Waals surface area contributed by atoms with Crippen LogP contribution in [0.5, 0.6) is 57.5 Å². The first-order chi connectivity index (χ1) is 53.8. The van der Waals surface area contributed by atoms with Gasteiger partial charge in [-0.05, 0) is 258 Å². The molecule has 111 heavy (non-hydrogen) atoms. The van der Waals surface area contributed by atoms with Gasteiger partial charge < -0.3 is 51.5 Å². The van der Waals surface area contributed by atoms with E-state index in [0.29, 0.717) is 71.9 Å². The van der Waals surface area contributed by atoms with Gasteiger partial charge in [0.05, 0.1) is 65.4 Å². The zero-order chi connectivity index (χ0) is 79.1. The average molecular weight is 1550 g/mol. The predicted octanol–water partition coefficient (Wildman–Crippen LogP) is 22.7. The van der Waals surface area contributed by atoms with E-state index in [4.69, 9.17) is 51.5 Å². The predicted molar refractivity (Wildman–Crippen MR) is 436 cm³/mol. The molecule has 0 aliphatic heterocycles. The Bertz CT molecular complexity index is 4250. The molecule has 0 heterocycles. The van der Waals surface area contributed by atoms with Gasteiger partial charge in [0, 0.05) is 6.07 Å². The molecule has 8 aromatic carbocycles. The number of hydrogen-bond donors (Lipinski definition) is 0. The maximum atomic E-state index is 13.6. The van der Waals surface area contributed by atoms with Gasteiger partial charge in [-0.2, -0.15) is 5.26 Å². The number of unbranched alkanes of at least 4 members (excludes halogenated alkanes) is 17. The Balaban J connectivity index is 0.667. The van der Waals surface area contributed by atoms with Crippen LogP contribution in [-0.2, 0) is 10.5 Å². The van der Waals surface area contributed by atoms with E-state index in [9.17, 15) is 34.0 Å². The fourth-order valence-corrected chi connectivity index (χ4v) is 21.4. The Morgan fingerprint density at radius 3 is 0.973 bits per heavy atom. The largest absolute Gasteiger partial charge is 0.494 e. The highest BCUT2D eigenvalue weighted by atomic mass is 28.4. The van der Waals surface area contributed by atoms with E-state index in [1.54, 1.807) is 103 Å². The maximum Gasteiger partial charge on any atom is 0.343 e. The van der Waals surface area contributed by atoms with Crippen molar-refractivity contribution in [3.8, 4) is 63.6 Å². The van der Waals surface area contributed by atoms with E-state index < -0.39 is 52.5 Å². The SMILES string of the molecule is CCCCCCOc1ccc(OC(=O)c2ccc(OC(=O)c3ccc(OCCCCCC)c(CCC[Si](C)(C)O[Si](C)(C)CCCCCCCCCCCOc4ccc(OC(=O)c5ccc(C(=O)Oc6ccc(C#N)c(OC(=O)c7ccc(OC(=O)c8ccc(OCCCCCC)cc8)cc7)c6)cc5)cc4)c3)cc2)cc1. The molecular formula is C91H109NO17Si2. The number of ether oxygens (including phenoxy) is 10. The Morgan fingerprint density at radius 1 is 0.288 bits per heavy atom. The van der Waals surface area contributed by atoms with Gasteiger partial charge in [0.15, 0.2) is 22.4 Å². The Hall–Kier alpha value is -10.3. The number of esters is 6. The summed E-state index contributed by atoms with van der Waals surface area (Å²) >= 11 is 0. The summed E-state index contributed by atoms with van der Waals surface area (Å²) in [6.07, 6.45) is 25.3. The third-order valence-corrected chi connectivity index (χ3v) is 26.2. The second-order valence-electron chi connectivity index (χ2n) is 29.0. The van der Waals surface area contributed by atoms with Crippen molar-refractivity contribution in [1.82, 2.24) is 0 Å². The van der Waals surface area contributed by atoms with Gasteiger partial charge in [-0.3, -0.25) is 0 Å². The summed E-state index contributed by atoms with van der Waals surface area (Å²) in [5.41, 5.74) is 2.52. The fourth-order valence-electron chi connectivity index (χ4n) is 12.5. The monoisotopic (exact) mass is 1540 g/mol. The Morgan fingerprint density at radius 2 is 0.577 bits per heavy atom. The van der Waals surface area contributed by atoms with Crippen LogP contribution in [0.3, 0.4) is 0 Å². The molecule has 0 aliphatic carbocycles.